The summed E-state index contributed by atoms with van der Waals surface area (Å²) >= 11 is 1.53. The number of hydrogen-bond acceptors (Lipinski definition) is 8. The van der Waals surface area contributed by atoms with Crippen molar-refractivity contribution in [1.82, 2.24) is 29.6 Å². The smallest absolute Gasteiger partial charge is 0.258 e. The SMILES string of the molecule is CCCCn1c(SCc2nc3cc(OC)c(OC)cc3c(=O)[nH]2)nnc1C(CC)N(C)C. The molecule has 0 aliphatic heterocycles. The number of rotatable bonds is 11. The van der Waals surface area contributed by atoms with Crippen LogP contribution in [-0.4, -0.2) is 57.9 Å². The fourth-order valence-corrected chi connectivity index (χ4v) is 4.52. The van der Waals surface area contributed by atoms with Crippen LogP contribution in [0.5, 0.6) is 11.5 Å². The molecule has 32 heavy (non-hydrogen) atoms. The minimum absolute atomic E-state index is 0.203. The topological polar surface area (TPSA) is 98.2 Å². The molecule has 10 heteroatoms. The Kier molecular flexibility index (Phi) is 8.14. The minimum atomic E-state index is -0.210. The maximum absolute atomic E-state index is 12.7. The molecule has 1 N–H and O–H groups in total. The van der Waals surface area contributed by atoms with E-state index in [1.54, 1.807) is 26.4 Å². The van der Waals surface area contributed by atoms with Gasteiger partial charge in [-0.25, -0.2) is 4.98 Å². The number of ether oxygens (including phenoxy) is 2. The molecular formula is C22H32N6O3S. The van der Waals surface area contributed by atoms with E-state index in [0.29, 0.717) is 34.0 Å². The molecule has 174 valence electrons. The molecule has 0 aliphatic carbocycles. The molecule has 0 spiro atoms. The van der Waals surface area contributed by atoms with Crippen molar-refractivity contribution in [2.75, 3.05) is 28.3 Å². The van der Waals surface area contributed by atoms with E-state index in [0.717, 1.165) is 36.8 Å². The first kappa shape index (κ1) is 24.1. The molecule has 2 aromatic heterocycles. The lowest BCUT2D eigenvalue weighted by atomic mass is 10.2. The lowest BCUT2D eigenvalue weighted by Gasteiger charge is -2.23. The van der Waals surface area contributed by atoms with Gasteiger partial charge in [-0.05, 0) is 33.0 Å². The maximum Gasteiger partial charge on any atom is 0.258 e. The Bertz CT molecular complexity index is 1110. The highest BCUT2D eigenvalue weighted by Crippen LogP contribution is 2.31. The molecule has 0 bridgehead atoms. The molecule has 1 unspecified atom stereocenters. The van der Waals surface area contributed by atoms with Crippen LogP contribution in [0, 0.1) is 0 Å². The van der Waals surface area contributed by atoms with Gasteiger partial charge in [-0.1, -0.05) is 32.0 Å². The number of benzene rings is 1. The molecule has 3 rings (SSSR count). The second-order valence-corrected chi connectivity index (χ2v) is 8.70. The van der Waals surface area contributed by atoms with Crippen LogP contribution < -0.4 is 15.0 Å². The van der Waals surface area contributed by atoms with Crippen molar-refractivity contribution in [3.63, 3.8) is 0 Å². The van der Waals surface area contributed by atoms with E-state index in [-0.39, 0.29) is 11.6 Å². The van der Waals surface area contributed by atoms with Gasteiger partial charge < -0.3 is 19.0 Å². The first-order valence-corrected chi connectivity index (χ1v) is 11.8. The third-order valence-corrected chi connectivity index (χ3v) is 6.36. The van der Waals surface area contributed by atoms with E-state index in [4.69, 9.17) is 9.47 Å². The van der Waals surface area contributed by atoms with Crippen molar-refractivity contribution < 1.29 is 9.47 Å². The van der Waals surface area contributed by atoms with Crippen LogP contribution in [0.15, 0.2) is 22.1 Å². The molecule has 0 fully saturated rings. The molecule has 1 atom stereocenters. The van der Waals surface area contributed by atoms with E-state index in [1.165, 1.54) is 11.8 Å². The number of nitrogens with zero attached hydrogens (tertiary/aromatic N) is 5. The van der Waals surface area contributed by atoms with Gasteiger partial charge in [0.2, 0.25) is 0 Å². The molecule has 3 aromatic rings. The van der Waals surface area contributed by atoms with Gasteiger partial charge in [0.25, 0.3) is 5.56 Å². The Balaban J connectivity index is 1.90. The number of aromatic nitrogens is 5. The van der Waals surface area contributed by atoms with Crippen molar-refractivity contribution in [2.45, 2.75) is 56.6 Å². The summed E-state index contributed by atoms with van der Waals surface area (Å²) in [7, 11) is 7.23. The predicted molar refractivity (Wildman–Crippen MR) is 127 cm³/mol. The fraction of sp³-hybridized carbons (Fsp3) is 0.545. The Labute approximate surface area is 192 Å². The van der Waals surface area contributed by atoms with Crippen LogP contribution in [0.3, 0.4) is 0 Å². The Morgan fingerprint density at radius 3 is 2.50 bits per heavy atom. The van der Waals surface area contributed by atoms with E-state index in [9.17, 15) is 4.79 Å². The summed E-state index contributed by atoms with van der Waals surface area (Å²) in [4.78, 5) is 22.3. The second kappa shape index (κ2) is 10.8. The van der Waals surface area contributed by atoms with Crippen LogP contribution in [0.1, 0.15) is 50.8 Å². The average Bonchev–Trinajstić information content (AvgIpc) is 3.17. The van der Waals surface area contributed by atoms with E-state index >= 15 is 0 Å². The normalized spacial score (nSPS) is 12.5. The minimum Gasteiger partial charge on any atom is -0.493 e. The predicted octanol–water partition coefficient (Wildman–Crippen LogP) is 3.64. The molecule has 0 radical (unpaired) electrons. The number of H-pyrrole nitrogens is 1. The molecule has 9 nitrogen and oxygen atoms in total. The number of thioether (sulfide) groups is 1. The number of hydrogen-bond donors (Lipinski definition) is 1. The quantitative estimate of drug-likeness (QED) is 0.433. The van der Waals surface area contributed by atoms with Gasteiger partial charge in [-0.2, -0.15) is 0 Å². The van der Waals surface area contributed by atoms with Crippen molar-refractivity contribution in [2.24, 2.45) is 0 Å². The number of aromatic amines is 1. The van der Waals surface area contributed by atoms with E-state index in [2.05, 4.69) is 57.6 Å². The van der Waals surface area contributed by atoms with Gasteiger partial charge in [0.1, 0.15) is 5.82 Å². The van der Waals surface area contributed by atoms with Crippen LogP contribution in [0.4, 0.5) is 0 Å². The third-order valence-electron chi connectivity index (χ3n) is 5.39. The van der Waals surface area contributed by atoms with Gasteiger partial charge in [0, 0.05) is 12.6 Å². The standard InChI is InChI=1S/C22H32N6O3S/c1-7-9-10-28-20(16(8-2)27(3)4)25-26-22(28)32-13-19-23-15-12-18(31-6)17(30-5)11-14(15)21(29)24-19/h11-12,16H,7-10,13H2,1-6H3,(H,23,24,29). The summed E-state index contributed by atoms with van der Waals surface area (Å²) in [6.07, 6.45) is 3.09. The van der Waals surface area contributed by atoms with Crippen LogP contribution in [-0.2, 0) is 12.3 Å². The highest BCUT2D eigenvalue weighted by atomic mass is 32.2. The third kappa shape index (κ3) is 5.07. The lowest BCUT2D eigenvalue weighted by molar-refractivity contribution is 0.270. The summed E-state index contributed by atoms with van der Waals surface area (Å²) < 4.78 is 12.9. The number of unbranched alkanes of at least 4 members (excludes halogenated alkanes) is 1. The molecule has 0 aliphatic rings. The average molecular weight is 461 g/mol. The van der Waals surface area contributed by atoms with Gasteiger partial charge in [0.05, 0.1) is 36.9 Å². The maximum atomic E-state index is 12.7. The zero-order chi connectivity index (χ0) is 23.3. The number of nitrogens with one attached hydrogen (secondary N) is 1. The van der Waals surface area contributed by atoms with Gasteiger partial charge >= 0.3 is 0 Å². The Hall–Kier alpha value is -2.59. The van der Waals surface area contributed by atoms with Crippen LogP contribution >= 0.6 is 11.8 Å². The summed E-state index contributed by atoms with van der Waals surface area (Å²) in [5, 5.41) is 10.3. The first-order valence-electron chi connectivity index (χ1n) is 10.8. The molecular weight excluding hydrogens is 428 g/mol. The first-order chi connectivity index (χ1) is 15.4. The molecule has 0 saturated carbocycles. The Morgan fingerprint density at radius 2 is 1.88 bits per heavy atom. The molecule has 1 aromatic carbocycles. The zero-order valence-electron chi connectivity index (χ0n) is 19.6. The lowest BCUT2D eigenvalue weighted by Crippen LogP contribution is -2.23. The monoisotopic (exact) mass is 460 g/mol. The van der Waals surface area contributed by atoms with Gasteiger partial charge in [0.15, 0.2) is 22.5 Å². The van der Waals surface area contributed by atoms with Gasteiger partial charge in [-0.15, -0.1) is 10.2 Å². The van der Waals surface area contributed by atoms with Crippen LogP contribution in [0.25, 0.3) is 10.9 Å². The number of methoxy groups -OCH3 is 2. The second-order valence-electron chi connectivity index (χ2n) is 7.76. The van der Waals surface area contributed by atoms with Crippen LogP contribution in [0.2, 0.25) is 0 Å². The van der Waals surface area contributed by atoms with Gasteiger partial charge in [-0.3, -0.25) is 9.69 Å². The summed E-state index contributed by atoms with van der Waals surface area (Å²) in [5.41, 5.74) is 0.354. The van der Waals surface area contributed by atoms with Crippen molar-refractivity contribution in [3.8, 4) is 11.5 Å². The summed E-state index contributed by atoms with van der Waals surface area (Å²) in [6.45, 7) is 5.20. The zero-order valence-corrected chi connectivity index (χ0v) is 20.5. The highest BCUT2D eigenvalue weighted by Gasteiger charge is 2.22. The van der Waals surface area contributed by atoms with Crippen molar-refractivity contribution in [1.29, 1.82) is 0 Å². The molecule has 2 heterocycles. The highest BCUT2D eigenvalue weighted by molar-refractivity contribution is 7.98. The van der Waals surface area contributed by atoms with E-state index < -0.39 is 0 Å². The summed E-state index contributed by atoms with van der Waals surface area (Å²) in [5.74, 6) is 3.06. The molecule has 0 amide bonds. The summed E-state index contributed by atoms with van der Waals surface area (Å²) in [6, 6.07) is 3.58. The van der Waals surface area contributed by atoms with E-state index in [1.807, 2.05) is 0 Å². The number of fused-ring (bicyclic) bond motifs is 1. The largest absolute Gasteiger partial charge is 0.493 e. The molecule has 0 saturated heterocycles. The van der Waals surface area contributed by atoms with Crippen molar-refractivity contribution >= 4 is 22.7 Å². The fourth-order valence-electron chi connectivity index (χ4n) is 3.67. The van der Waals surface area contributed by atoms with Crippen molar-refractivity contribution in [3.05, 3.63) is 34.1 Å². The Morgan fingerprint density at radius 1 is 1.16 bits per heavy atom.